The lowest BCUT2D eigenvalue weighted by Gasteiger charge is -2.19. The summed E-state index contributed by atoms with van der Waals surface area (Å²) in [6.45, 7) is 2.55. The summed E-state index contributed by atoms with van der Waals surface area (Å²) in [7, 11) is 0. The highest BCUT2D eigenvalue weighted by atomic mass is 35.5. The Kier molecular flexibility index (Phi) is 5.68. The normalized spacial score (nSPS) is 10.9. The van der Waals surface area contributed by atoms with Crippen LogP contribution in [0.2, 0.25) is 0 Å². The fraction of sp³-hybridized carbons (Fsp3) is 0.278. The topological polar surface area (TPSA) is 64.2 Å². The zero-order chi connectivity index (χ0) is 18.5. The van der Waals surface area contributed by atoms with Crippen molar-refractivity contribution < 1.29 is 13.7 Å². The van der Waals surface area contributed by atoms with E-state index in [-0.39, 0.29) is 24.1 Å². The largest absolute Gasteiger partial charge is 0.359 e. The first-order valence-electron chi connectivity index (χ1n) is 8.16. The highest BCUT2D eigenvalue weighted by molar-refractivity contribution is 6.27. The third-order valence-electron chi connectivity index (χ3n) is 3.87. The molecule has 0 fully saturated rings. The number of amides is 1. The van der Waals surface area contributed by atoms with Gasteiger partial charge in [-0.3, -0.25) is 4.79 Å². The molecule has 0 bridgehead atoms. The average molecular weight is 377 g/mol. The zero-order valence-corrected chi connectivity index (χ0v) is 15.0. The number of carbonyl (C=O) groups is 1. The molecule has 0 saturated heterocycles. The maximum absolute atomic E-state index is 13.4. The molecule has 3 aromatic rings. The van der Waals surface area contributed by atoms with E-state index in [1.165, 1.54) is 12.1 Å². The van der Waals surface area contributed by atoms with Crippen molar-refractivity contribution in [1.29, 1.82) is 0 Å². The summed E-state index contributed by atoms with van der Waals surface area (Å²) in [5.74, 6) is -0.0970. The summed E-state index contributed by atoms with van der Waals surface area (Å²) in [5, 5.41) is 8.17. The fourth-order valence-corrected chi connectivity index (χ4v) is 2.69. The minimum Gasteiger partial charge on any atom is -0.359 e. The lowest BCUT2D eigenvalue weighted by Crippen LogP contribution is -2.30. The standard InChI is InChI=1S/C18H18ClFN4O2/c1-2-15-7-17(26-22-15)12-23(18(25)8-19)10-13-9-21-24(11-13)16-5-3-4-14(20)6-16/h3-7,9,11H,2,8,10,12H2,1H3. The third kappa shape index (κ3) is 4.29. The quantitative estimate of drug-likeness (QED) is 0.593. The molecule has 2 heterocycles. The van der Waals surface area contributed by atoms with Crippen LogP contribution >= 0.6 is 11.6 Å². The molecular formula is C18H18ClFN4O2. The van der Waals surface area contributed by atoms with Crippen LogP contribution < -0.4 is 0 Å². The summed E-state index contributed by atoms with van der Waals surface area (Å²) >= 11 is 5.73. The molecule has 0 aliphatic carbocycles. The van der Waals surface area contributed by atoms with Crippen LogP contribution in [0.15, 0.2) is 47.2 Å². The van der Waals surface area contributed by atoms with Gasteiger partial charge in [-0.05, 0) is 24.6 Å². The molecule has 0 aliphatic rings. The van der Waals surface area contributed by atoms with Gasteiger partial charge in [0.25, 0.3) is 0 Å². The summed E-state index contributed by atoms with van der Waals surface area (Å²) < 4.78 is 20.2. The summed E-state index contributed by atoms with van der Waals surface area (Å²) in [6, 6.07) is 7.95. The van der Waals surface area contributed by atoms with Crippen LogP contribution in [-0.4, -0.2) is 31.6 Å². The summed E-state index contributed by atoms with van der Waals surface area (Å²) in [6.07, 6.45) is 4.14. The van der Waals surface area contributed by atoms with Crippen molar-refractivity contribution in [2.75, 3.05) is 5.88 Å². The predicted octanol–water partition coefficient (Wildman–Crippen LogP) is 3.33. The van der Waals surface area contributed by atoms with E-state index in [0.717, 1.165) is 17.7 Å². The number of alkyl halides is 1. The van der Waals surface area contributed by atoms with Crippen molar-refractivity contribution >= 4 is 17.5 Å². The van der Waals surface area contributed by atoms with Crippen LogP contribution in [0.5, 0.6) is 0 Å². The molecule has 1 amide bonds. The zero-order valence-electron chi connectivity index (χ0n) is 14.2. The van der Waals surface area contributed by atoms with E-state index in [2.05, 4.69) is 10.3 Å². The van der Waals surface area contributed by atoms with E-state index in [1.54, 1.807) is 34.1 Å². The van der Waals surface area contributed by atoms with Gasteiger partial charge in [-0.15, -0.1) is 11.6 Å². The van der Waals surface area contributed by atoms with Crippen LogP contribution in [0, 0.1) is 5.82 Å². The summed E-state index contributed by atoms with van der Waals surface area (Å²) in [4.78, 5) is 13.7. The van der Waals surface area contributed by atoms with E-state index in [0.29, 0.717) is 18.0 Å². The van der Waals surface area contributed by atoms with E-state index in [4.69, 9.17) is 16.1 Å². The Bertz CT molecular complexity index is 893. The maximum atomic E-state index is 13.4. The predicted molar refractivity (Wildman–Crippen MR) is 94.4 cm³/mol. The van der Waals surface area contributed by atoms with Crippen molar-refractivity contribution in [3.05, 3.63) is 65.6 Å². The van der Waals surface area contributed by atoms with Crippen LogP contribution in [-0.2, 0) is 24.3 Å². The van der Waals surface area contributed by atoms with Gasteiger partial charge in [0.2, 0.25) is 5.91 Å². The lowest BCUT2D eigenvalue weighted by molar-refractivity contribution is -0.130. The van der Waals surface area contributed by atoms with Crippen molar-refractivity contribution in [2.24, 2.45) is 0 Å². The van der Waals surface area contributed by atoms with Crippen molar-refractivity contribution in [1.82, 2.24) is 19.8 Å². The van der Waals surface area contributed by atoms with Crippen molar-refractivity contribution in [2.45, 2.75) is 26.4 Å². The minimum atomic E-state index is -0.337. The second-order valence-corrected chi connectivity index (χ2v) is 6.06. The number of aromatic nitrogens is 3. The first kappa shape index (κ1) is 18.1. The molecule has 2 aromatic heterocycles. The smallest absolute Gasteiger partial charge is 0.238 e. The van der Waals surface area contributed by atoms with Gasteiger partial charge in [-0.2, -0.15) is 5.10 Å². The van der Waals surface area contributed by atoms with Gasteiger partial charge in [0.05, 0.1) is 24.1 Å². The molecule has 0 saturated carbocycles. The third-order valence-corrected chi connectivity index (χ3v) is 4.09. The van der Waals surface area contributed by atoms with Gasteiger partial charge in [-0.25, -0.2) is 9.07 Å². The van der Waals surface area contributed by atoms with Gasteiger partial charge in [0.1, 0.15) is 11.7 Å². The molecule has 136 valence electrons. The molecule has 3 rings (SSSR count). The van der Waals surface area contributed by atoms with Crippen molar-refractivity contribution in [3.8, 4) is 5.69 Å². The van der Waals surface area contributed by atoms with E-state index >= 15 is 0 Å². The van der Waals surface area contributed by atoms with E-state index in [1.807, 2.05) is 13.0 Å². The van der Waals surface area contributed by atoms with Gasteiger partial charge < -0.3 is 9.42 Å². The van der Waals surface area contributed by atoms with E-state index in [9.17, 15) is 9.18 Å². The molecule has 0 spiro atoms. The molecule has 0 radical (unpaired) electrons. The highest BCUT2D eigenvalue weighted by Crippen LogP contribution is 2.15. The van der Waals surface area contributed by atoms with Crippen molar-refractivity contribution in [3.63, 3.8) is 0 Å². The lowest BCUT2D eigenvalue weighted by atomic mass is 10.2. The molecule has 1 aromatic carbocycles. The number of rotatable bonds is 7. The molecule has 0 N–H and O–H groups in total. The Labute approximate surface area is 155 Å². The number of hydrogen-bond acceptors (Lipinski definition) is 4. The molecular weight excluding hydrogens is 359 g/mol. The second kappa shape index (κ2) is 8.14. The average Bonchev–Trinajstić information content (AvgIpc) is 3.30. The maximum Gasteiger partial charge on any atom is 0.238 e. The second-order valence-electron chi connectivity index (χ2n) is 5.79. The number of benzene rings is 1. The number of hydrogen-bond donors (Lipinski definition) is 0. The van der Waals surface area contributed by atoms with Gasteiger partial charge in [0.15, 0.2) is 5.76 Å². The van der Waals surface area contributed by atoms with Gasteiger partial charge in [-0.1, -0.05) is 18.1 Å². The molecule has 26 heavy (non-hydrogen) atoms. The monoisotopic (exact) mass is 376 g/mol. The number of carbonyl (C=O) groups excluding carboxylic acids is 1. The van der Waals surface area contributed by atoms with Gasteiger partial charge >= 0.3 is 0 Å². The van der Waals surface area contributed by atoms with E-state index < -0.39 is 0 Å². The minimum absolute atomic E-state index is 0.132. The first-order valence-corrected chi connectivity index (χ1v) is 8.70. The summed E-state index contributed by atoms with van der Waals surface area (Å²) in [5.41, 5.74) is 2.23. The number of halogens is 2. The van der Waals surface area contributed by atoms with Crippen LogP contribution in [0.3, 0.4) is 0 Å². The molecule has 8 heteroatoms. The molecule has 0 atom stereocenters. The number of aryl methyl sites for hydroxylation is 1. The Morgan fingerprint density at radius 1 is 1.35 bits per heavy atom. The highest BCUT2D eigenvalue weighted by Gasteiger charge is 2.17. The van der Waals surface area contributed by atoms with Gasteiger partial charge in [0, 0.05) is 24.4 Å². The van der Waals surface area contributed by atoms with Crippen LogP contribution in [0.4, 0.5) is 4.39 Å². The Hall–Kier alpha value is -2.67. The Morgan fingerprint density at radius 2 is 2.19 bits per heavy atom. The fourth-order valence-electron chi connectivity index (χ4n) is 2.52. The molecule has 0 aliphatic heterocycles. The molecule has 0 unspecified atom stereocenters. The Morgan fingerprint density at radius 3 is 2.88 bits per heavy atom. The first-order chi connectivity index (χ1) is 12.6. The SMILES string of the molecule is CCc1cc(CN(Cc2cnn(-c3cccc(F)c3)c2)C(=O)CCl)on1. The molecule has 6 nitrogen and oxygen atoms in total. The van der Waals surface area contributed by atoms with Crippen LogP contribution in [0.25, 0.3) is 5.69 Å². The number of nitrogens with zero attached hydrogens (tertiary/aromatic N) is 4. The Balaban J connectivity index is 1.75. The van der Waals surface area contributed by atoms with Crippen LogP contribution in [0.1, 0.15) is 23.9 Å².